The van der Waals surface area contributed by atoms with Gasteiger partial charge in [0.1, 0.15) is 36.3 Å². The van der Waals surface area contributed by atoms with Gasteiger partial charge in [0, 0.05) is 17.0 Å². The molecule has 0 radical (unpaired) electrons. The number of nitrogens with zero attached hydrogens (tertiary/aromatic N) is 3. The second-order valence-electron chi connectivity index (χ2n) is 7.83. The molecule has 5 rings (SSSR count). The van der Waals surface area contributed by atoms with E-state index in [0.717, 1.165) is 45.5 Å². The fourth-order valence-corrected chi connectivity index (χ4v) is 3.73. The van der Waals surface area contributed by atoms with E-state index in [2.05, 4.69) is 15.1 Å². The first-order valence-corrected chi connectivity index (χ1v) is 11.0. The van der Waals surface area contributed by atoms with E-state index >= 15 is 0 Å². The Morgan fingerprint density at radius 3 is 2.00 bits per heavy atom. The van der Waals surface area contributed by atoms with Crippen LogP contribution < -0.4 is 20.9 Å². The molecule has 0 amide bonds. The first kappa shape index (κ1) is 21.6. The minimum atomic E-state index is 0.445. The molecule has 0 fully saturated rings. The fraction of sp³-hybridized carbons (Fsp3) is 0.200. The highest BCUT2D eigenvalue weighted by Gasteiger charge is 2.07. The zero-order valence-electron chi connectivity index (χ0n) is 18.6. The van der Waals surface area contributed by atoms with Gasteiger partial charge in [-0.1, -0.05) is 12.1 Å². The number of anilines is 2. The Morgan fingerprint density at radius 1 is 0.735 bits per heavy atom. The van der Waals surface area contributed by atoms with Crippen molar-refractivity contribution in [3.05, 3.63) is 72.6 Å². The summed E-state index contributed by atoms with van der Waals surface area (Å²) in [5.41, 5.74) is 14.1. The number of aromatic amines is 1. The molecule has 0 aliphatic rings. The van der Waals surface area contributed by atoms with Gasteiger partial charge in [-0.15, -0.1) is 0 Å². The van der Waals surface area contributed by atoms with Gasteiger partial charge < -0.3 is 25.7 Å². The van der Waals surface area contributed by atoms with Crippen LogP contribution in [0.25, 0.3) is 21.8 Å². The largest absolute Gasteiger partial charge is 0.490 e. The van der Waals surface area contributed by atoms with Crippen molar-refractivity contribution in [1.29, 1.82) is 0 Å². The van der Waals surface area contributed by atoms with E-state index in [1.807, 2.05) is 59.4 Å². The molecule has 0 saturated heterocycles. The molecule has 2 aromatic carbocycles. The smallest absolute Gasteiger partial charge is 0.131 e. The fourth-order valence-electron chi connectivity index (χ4n) is 3.73. The Hall–Kier alpha value is -4.24. The predicted molar refractivity (Wildman–Crippen MR) is 132 cm³/mol. The maximum Gasteiger partial charge on any atom is 0.131 e. The monoisotopic (exact) mass is 458 g/mol. The topological polar surface area (TPSA) is 126 Å². The number of fused-ring (bicyclic) bond motifs is 2. The van der Waals surface area contributed by atoms with Gasteiger partial charge in [0.15, 0.2) is 0 Å². The van der Waals surface area contributed by atoms with E-state index in [0.29, 0.717) is 38.1 Å². The second kappa shape index (κ2) is 9.72. The average molecular weight is 459 g/mol. The molecule has 0 unspecified atom stereocenters. The highest BCUT2D eigenvalue weighted by molar-refractivity contribution is 5.86. The van der Waals surface area contributed by atoms with E-state index in [1.165, 1.54) is 0 Å². The van der Waals surface area contributed by atoms with Crippen LogP contribution in [0.4, 0.5) is 11.6 Å². The minimum Gasteiger partial charge on any atom is -0.490 e. The second-order valence-corrected chi connectivity index (χ2v) is 7.83. The summed E-state index contributed by atoms with van der Waals surface area (Å²) >= 11 is 0. The van der Waals surface area contributed by atoms with Gasteiger partial charge in [-0.05, 0) is 48.5 Å². The molecule has 174 valence electrons. The van der Waals surface area contributed by atoms with Crippen molar-refractivity contribution in [3.8, 4) is 11.5 Å². The molecule has 0 aliphatic carbocycles. The van der Waals surface area contributed by atoms with E-state index < -0.39 is 0 Å². The predicted octanol–water partition coefficient (Wildman–Crippen LogP) is 3.75. The number of rotatable bonds is 10. The third-order valence-electron chi connectivity index (χ3n) is 5.37. The zero-order chi connectivity index (χ0) is 23.3. The molecule has 5 N–H and O–H groups in total. The Balaban J connectivity index is 1.03. The van der Waals surface area contributed by atoms with Crippen LogP contribution in [-0.4, -0.2) is 39.6 Å². The van der Waals surface area contributed by atoms with Crippen LogP contribution in [-0.2, 0) is 17.9 Å². The van der Waals surface area contributed by atoms with Crippen LogP contribution >= 0.6 is 0 Å². The maximum atomic E-state index is 5.95. The number of H-pyrrole nitrogens is 1. The highest BCUT2D eigenvalue weighted by atomic mass is 16.5. The molecule has 9 nitrogen and oxygen atoms in total. The minimum absolute atomic E-state index is 0.445. The summed E-state index contributed by atoms with van der Waals surface area (Å²) in [4.78, 5) is 8.64. The van der Waals surface area contributed by atoms with Crippen LogP contribution in [0.1, 0.15) is 5.69 Å². The molecule has 3 aromatic heterocycles. The summed E-state index contributed by atoms with van der Waals surface area (Å²) in [5, 5.41) is 5.13. The number of pyridine rings is 2. The van der Waals surface area contributed by atoms with Crippen LogP contribution in [0, 0.1) is 0 Å². The number of nitrogen functional groups attached to an aromatic ring is 2. The van der Waals surface area contributed by atoms with Crippen molar-refractivity contribution in [1.82, 2.24) is 19.7 Å². The molecule has 0 bridgehead atoms. The van der Waals surface area contributed by atoms with Crippen LogP contribution in [0.2, 0.25) is 0 Å². The first-order chi connectivity index (χ1) is 16.7. The lowest BCUT2D eigenvalue weighted by atomic mass is 10.2. The maximum absolute atomic E-state index is 5.95. The third kappa shape index (κ3) is 4.89. The summed E-state index contributed by atoms with van der Waals surface area (Å²) in [6.45, 7) is 2.69. The number of hydrogen-bond acceptors (Lipinski definition) is 7. The SMILES string of the molecule is Nc1ccc2c(OCCOCCn3cc(COc4cccc5nc(N)ccc45)[nH]3)cccc2n1. The van der Waals surface area contributed by atoms with Crippen LogP contribution in [0.3, 0.4) is 0 Å². The Morgan fingerprint density at radius 2 is 1.35 bits per heavy atom. The van der Waals surface area contributed by atoms with E-state index in [-0.39, 0.29) is 0 Å². The van der Waals surface area contributed by atoms with E-state index in [4.69, 9.17) is 25.7 Å². The lowest BCUT2D eigenvalue weighted by Gasteiger charge is -2.17. The molecule has 34 heavy (non-hydrogen) atoms. The van der Waals surface area contributed by atoms with Crippen molar-refractivity contribution in [2.45, 2.75) is 13.2 Å². The summed E-state index contributed by atoms with van der Waals surface area (Å²) in [6, 6.07) is 18.9. The average Bonchev–Trinajstić information content (AvgIpc) is 2.81. The summed E-state index contributed by atoms with van der Waals surface area (Å²) < 4.78 is 19.5. The summed E-state index contributed by atoms with van der Waals surface area (Å²) in [7, 11) is 0. The number of ether oxygens (including phenoxy) is 3. The van der Waals surface area contributed by atoms with Gasteiger partial charge >= 0.3 is 0 Å². The Bertz CT molecular complexity index is 1400. The Labute approximate surface area is 196 Å². The summed E-state index contributed by atoms with van der Waals surface area (Å²) in [5.74, 6) is 2.54. The number of aromatic nitrogens is 4. The summed E-state index contributed by atoms with van der Waals surface area (Å²) in [6.07, 6.45) is 2.01. The quantitative estimate of drug-likeness (QED) is 0.272. The van der Waals surface area contributed by atoms with Gasteiger partial charge in [0.2, 0.25) is 0 Å². The van der Waals surface area contributed by atoms with Crippen molar-refractivity contribution in [3.63, 3.8) is 0 Å². The molecule has 0 spiro atoms. The lowest BCUT2D eigenvalue weighted by Crippen LogP contribution is -2.18. The first-order valence-electron chi connectivity index (χ1n) is 11.0. The normalized spacial score (nSPS) is 11.3. The molecule has 0 atom stereocenters. The molecule has 9 heteroatoms. The molecule has 5 aromatic rings. The van der Waals surface area contributed by atoms with Gasteiger partial charge in [0.25, 0.3) is 0 Å². The molecule has 0 saturated carbocycles. The van der Waals surface area contributed by atoms with Gasteiger partial charge in [-0.25, -0.2) is 9.97 Å². The van der Waals surface area contributed by atoms with Gasteiger partial charge in [-0.3, -0.25) is 9.78 Å². The van der Waals surface area contributed by atoms with Crippen molar-refractivity contribution < 1.29 is 14.2 Å². The van der Waals surface area contributed by atoms with E-state index in [9.17, 15) is 0 Å². The van der Waals surface area contributed by atoms with Crippen LogP contribution in [0.5, 0.6) is 11.5 Å². The van der Waals surface area contributed by atoms with Gasteiger partial charge in [-0.2, -0.15) is 0 Å². The Kier molecular flexibility index (Phi) is 6.17. The standard InChI is InChI=1S/C25H26N6O3/c26-24-9-7-18-20(28-24)3-1-5-22(18)33-14-13-32-12-11-31-15-17(30-31)16-34-23-6-2-4-21-19(23)8-10-25(27)29-21/h1-10,15,30H,11-14,16H2,(H2,26,28)(H2,27,29). The molecule has 0 aliphatic heterocycles. The molecule has 3 heterocycles. The molecular weight excluding hydrogens is 432 g/mol. The number of nitrogens with one attached hydrogen (secondary N) is 1. The number of nitrogens with two attached hydrogens (primary N) is 2. The van der Waals surface area contributed by atoms with Crippen molar-refractivity contribution in [2.24, 2.45) is 0 Å². The zero-order valence-corrected chi connectivity index (χ0v) is 18.6. The number of benzene rings is 2. The lowest BCUT2D eigenvalue weighted by molar-refractivity contribution is 0.0915. The van der Waals surface area contributed by atoms with E-state index in [1.54, 1.807) is 12.1 Å². The van der Waals surface area contributed by atoms with Crippen LogP contribution in [0.15, 0.2) is 66.9 Å². The molecular formula is C25H26N6O3. The third-order valence-corrected chi connectivity index (χ3v) is 5.37. The van der Waals surface area contributed by atoms with Crippen molar-refractivity contribution in [2.75, 3.05) is 31.3 Å². The number of hydrogen-bond donors (Lipinski definition) is 3. The van der Waals surface area contributed by atoms with Crippen molar-refractivity contribution >= 4 is 33.4 Å². The highest BCUT2D eigenvalue weighted by Crippen LogP contribution is 2.26. The van der Waals surface area contributed by atoms with Gasteiger partial charge in [0.05, 0.1) is 36.5 Å².